The van der Waals surface area contributed by atoms with E-state index in [0.717, 1.165) is 72.1 Å². The van der Waals surface area contributed by atoms with Crippen LogP contribution in [0.3, 0.4) is 0 Å². The second kappa shape index (κ2) is 11.3. The zero-order chi connectivity index (χ0) is 35.0. The molecule has 0 atom stereocenters. The molecular weight excluding hydrogens is 647 g/mol. The molecule has 0 amide bonds. The number of aromatic nitrogens is 4. The SMILES string of the molecule is N#Cc1cc(-n2c3cc(-n4c5ccccc5c5ccccc54)ccc3c3ccc(-n4c5ccccc5c5ccccc54)cc32)ccc1-c1ccncc1. The molecule has 0 aliphatic carbocycles. The predicted octanol–water partition coefficient (Wildman–Crippen LogP) is 11.9. The van der Waals surface area contributed by atoms with Gasteiger partial charge in [0, 0.05) is 61.8 Å². The van der Waals surface area contributed by atoms with E-state index in [-0.39, 0.29) is 0 Å². The highest BCUT2D eigenvalue weighted by Crippen LogP contribution is 2.40. The molecule has 5 heteroatoms. The van der Waals surface area contributed by atoms with Crippen LogP contribution >= 0.6 is 0 Å². The minimum atomic E-state index is 0.612. The Morgan fingerprint density at radius 2 is 0.755 bits per heavy atom. The minimum absolute atomic E-state index is 0.612. The van der Waals surface area contributed by atoms with Crippen molar-refractivity contribution >= 4 is 65.4 Å². The maximum Gasteiger partial charge on any atom is 0.0998 e. The van der Waals surface area contributed by atoms with E-state index >= 15 is 0 Å². The van der Waals surface area contributed by atoms with Crippen LogP contribution < -0.4 is 0 Å². The van der Waals surface area contributed by atoms with Crippen molar-refractivity contribution in [1.82, 2.24) is 18.7 Å². The molecule has 0 bridgehead atoms. The van der Waals surface area contributed by atoms with Gasteiger partial charge in [0.15, 0.2) is 0 Å². The highest BCUT2D eigenvalue weighted by Gasteiger charge is 2.19. The smallest absolute Gasteiger partial charge is 0.0998 e. The first kappa shape index (κ1) is 29.3. The van der Waals surface area contributed by atoms with Gasteiger partial charge in [0.25, 0.3) is 0 Å². The van der Waals surface area contributed by atoms with Crippen molar-refractivity contribution in [2.75, 3.05) is 0 Å². The molecule has 4 aromatic heterocycles. The molecule has 246 valence electrons. The van der Waals surface area contributed by atoms with E-state index in [1.165, 1.54) is 21.5 Å². The van der Waals surface area contributed by atoms with E-state index in [1.807, 2.05) is 18.2 Å². The third-order valence-corrected chi connectivity index (χ3v) is 10.8. The summed E-state index contributed by atoms with van der Waals surface area (Å²) in [6.07, 6.45) is 3.54. The van der Waals surface area contributed by atoms with E-state index in [4.69, 9.17) is 0 Å². The van der Waals surface area contributed by atoms with Gasteiger partial charge in [0.2, 0.25) is 0 Å². The molecular formula is C48H29N5. The average molecular weight is 676 g/mol. The number of nitriles is 1. The van der Waals surface area contributed by atoms with Crippen molar-refractivity contribution in [2.45, 2.75) is 0 Å². The molecule has 0 aliphatic rings. The molecule has 5 nitrogen and oxygen atoms in total. The normalized spacial score (nSPS) is 11.8. The van der Waals surface area contributed by atoms with Crippen molar-refractivity contribution in [3.05, 3.63) is 182 Å². The van der Waals surface area contributed by atoms with Crippen molar-refractivity contribution in [3.8, 4) is 34.3 Å². The summed E-state index contributed by atoms with van der Waals surface area (Å²) in [5.74, 6) is 0. The van der Waals surface area contributed by atoms with Gasteiger partial charge in [0.05, 0.1) is 44.7 Å². The molecule has 53 heavy (non-hydrogen) atoms. The summed E-state index contributed by atoms with van der Waals surface area (Å²) in [7, 11) is 0. The number of rotatable bonds is 4. The molecule has 11 aromatic rings. The topological polar surface area (TPSA) is 51.5 Å². The Morgan fingerprint density at radius 3 is 1.21 bits per heavy atom. The van der Waals surface area contributed by atoms with Crippen LogP contribution in [-0.2, 0) is 0 Å². The second-order valence-electron chi connectivity index (χ2n) is 13.6. The monoisotopic (exact) mass is 675 g/mol. The molecule has 7 aromatic carbocycles. The van der Waals surface area contributed by atoms with Crippen molar-refractivity contribution in [3.63, 3.8) is 0 Å². The maximum atomic E-state index is 10.5. The second-order valence-corrected chi connectivity index (χ2v) is 13.6. The molecule has 11 rings (SSSR count). The number of hydrogen-bond acceptors (Lipinski definition) is 2. The Bertz CT molecular complexity index is 3020. The lowest BCUT2D eigenvalue weighted by atomic mass is 10.0. The zero-order valence-corrected chi connectivity index (χ0v) is 28.5. The highest BCUT2D eigenvalue weighted by molar-refractivity contribution is 6.13. The van der Waals surface area contributed by atoms with Gasteiger partial charge >= 0.3 is 0 Å². The summed E-state index contributed by atoms with van der Waals surface area (Å²) in [5.41, 5.74) is 12.3. The zero-order valence-electron chi connectivity index (χ0n) is 28.5. The fraction of sp³-hybridized carbons (Fsp3) is 0. The summed E-state index contributed by atoms with van der Waals surface area (Å²) in [6, 6.07) is 60.7. The molecule has 0 radical (unpaired) electrons. The first-order valence-electron chi connectivity index (χ1n) is 17.8. The van der Waals surface area contributed by atoms with Gasteiger partial charge in [-0.3, -0.25) is 4.98 Å². The van der Waals surface area contributed by atoms with Crippen LogP contribution in [0.15, 0.2) is 176 Å². The summed E-state index contributed by atoms with van der Waals surface area (Å²) < 4.78 is 7.06. The number of hydrogen-bond donors (Lipinski definition) is 0. The van der Waals surface area contributed by atoms with Gasteiger partial charge in [-0.2, -0.15) is 5.26 Å². The van der Waals surface area contributed by atoms with Gasteiger partial charge in [-0.15, -0.1) is 0 Å². The van der Waals surface area contributed by atoms with Crippen molar-refractivity contribution in [2.24, 2.45) is 0 Å². The standard InChI is InChI=1S/C48H29N5/c49-30-32-27-33(17-20-36(32)31-23-25-50-26-24-31)53-47-28-34(51-43-13-5-1-9-37(43)38-10-2-6-14-44(38)51)18-21-41(47)42-22-19-35(29-48(42)53)52-45-15-7-3-11-39(45)40-12-4-8-16-46(40)52/h1-29H. The fourth-order valence-corrected chi connectivity index (χ4v) is 8.50. The number of para-hydroxylation sites is 4. The molecule has 4 heterocycles. The van der Waals surface area contributed by atoms with Gasteiger partial charge in [0.1, 0.15) is 0 Å². The number of benzene rings is 7. The third kappa shape index (κ3) is 4.27. The Morgan fingerprint density at radius 1 is 0.377 bits per heavy atom. The van der Waals surface area contributed by atoms with Crippen LogP contribution in [0.25, 0.3) is 93.6 Å². The summed E-state index contributed by atoms with van der Waals surface area (Å²) >= 11 is 0. The van der Waals surface area contributed by atoms with Crippen molar-refractivity contribution < 1.29 is 0 Å². The molecule has 0 saturated carbocycles. The van der Waals surface area contributed by atoms with E-state index in [1.54, 1.807) is 12.4 Å². The number of fused-ring (bicyclic) bond motifs is 9. The molecule has 0 unspecified atom stereocenters. The van der Waals surface area contributed by atoms with E-state index in [9.17, 15) is 5.26 Å². The Hall–Kier alpha value is -7.42. The fourth-order valence-electron chi connectivity index (χ4n) is 8.50. The predicted molar refractivity (Wildman–Crippen MR) is 217 cm³/mol. The maximum absolute atomic E-state index is 10.5. The lowest BCUT2D eigenvalue weighted by Gasteiger charge is -2.14. The number of nitrogens with zero attached hydrogens (tertiary/aromatic N) is 5. The van der Waals surface area contributed by atoms with Gasteiger partial charge in [-0.25, -0.2) is 0 Å². The summed E-state index contributed by atoms with van der Waals surface area (Å²) in [5, 5.41) is 17.7. The summed E-state index contributed by atoms with van der Waals surface area (Å²) in [4.78, 5) is 4.20. The molecule has 0 N–H and O–H groups in total. The third-order valence-electron chi connectivity index (χ3n) is 10.8. The average Bonchev–Trinajstić information content (AvgIpc) is 3.86. The number of pyridine rings is 1. The van der Waals surface area contributed by atoms with Gasteiger partial charge in [-0.1, -0.05) is 91.0 Å². The molecule has 0 aliphatic heterocycles. The Kier molecular flexibility index (Phi) is 6.25. The first-order valence-corrected chi connectivity index (χ1v) is 17.8. The highest BCUT2D eigenvalue weighted by atomic mass is 15.0. The first-order chi connectivity index (χ1) is 26.3. The Labute approximate surface area is 304 Å². The van der Waals surface area contributed by atoms with Crippen LogP contribution in [-0.4, -0.2) is 18.7 Å². The van der Waals surface area contributed by atoms with E-state index < -0.39 is 0 Å². The van der Waals surface area contributed by atoms with Crippen LogP contribution in [0.2, 0.25) is 0 Å². The van der Waals surface area contributed by atoms with Crippen LogP contribution in [0, 0.1) is 11.3 Å². The largest absolute Gasteiger partial charge is 0.309 e. The van der Waals surface area contributed by atoms with Crippen molar-refractivity contribution in [1.29, 1.82) is 5.26 Å². The van der Waals surface area contributed by atoms with Crippen LogP contribution in [0.5, 0.6) is 0 Å². The minimum Gasteiger partial charge on any atom is -0.309 e. The van der Waals surface area contributed by atoms with Gasteiger partial charge in [-0.05, 0) is 83.9 Å². The summed E-state index contributed by atoms with van der Waals surface area (Å²) in [6.45, 7) is 0. The van der Waals surface area contributed by atoms with E-state index in [0.29, 0.717) is 5.56 Å². The molecule has 0 spiro atoms. The lowest BCUT2D eigenvalue weighted by molar-refractivity contribution is 1.14. The van der Waals surface area contributed by atoms with E-state index in [2.05, 4.69) is 170 Å². The molecule has 0 saturated heterocycles. The quantitative estimate of drug-likeness (QED) is 0.186. The van der Waals surface area contributed by atoms with Crippen LogP contribution in [0.1, 0.15) is 5.56 Å². The lowest BCUT2D eigenvalue weighted by Crippen LogP contribution is -1.99. The molecule has 0 fully saturated rings. The Balaban J connectivity index is 1.22. The van der Waals surface area contributed by atoms with Crippen LogP contribution in [0.4, 0.5) is 0 Å². The van der Waals surface area contributed by atoms with Gasteiger partial charge < -0.3 is 13.7 Å².